The second kappa shape index (κ2) is 15.3. The molecule has 3 heterocycles. The van der Waals surface area contributed by atoms with Gasteiger partial charge in [-0.05, 0) is 44.1 Å². The largest absolute Gasteiger partial charge is 0.360 e. The Kier molecular flexibility index (Phi) is 11.5. The van der Waals surface area contributed by atoms with Crippen molar-refractivity contribution in [2.24, 2.45) is 11.8 Å². The number of para-hydroxylation sites is 1. The van der Waals surface area contributed by atoms with Crippen molar-refractivity contribution in [3.05, 3.63) is 36.0 Å². The van der Waals surface area contributed by atoms with Gasteiger partial charge < -0.3 is 20.5 Å². The molecule has 5 atom stereocenters. The number of ketones is 3. The predicted molar refractivity (Wildman–Crippen MR) is 167 cm³/mol. The molecule has 2 aliphatic heterocycles. The quantitative estimate of drug-likeness (QED) is 0.198. The van der Waals surface area contributed by atoms with Gasteiger partial charge >= 0.3 is 0 Å². The zero-order valence-corrected chi connectivity index (χ0v) is 26.2. The van der Waals surface area contributed by atoms with Crippen molar-refractivity contribution in [1.82, 2.24) is 20.5 Å². The van der Waals surface area contributed by atoms with Crippen LogP contribution in [0.1, 0.15) is 102 Å². The number of benzene rings is 1. The van der Waals surface area contributed by atoms with E-state index in [2.05, 4.69) is 15.6 Å². The molecule has 0 bridgehead atoms. The van der Waals surface area contributed by atoms with E-state index in [4.69, 9.17) is 0 Å². The van der Waals surface area contributed by atoms with Crippen molar-refractivity contribution in [3.8, 4) is 0 Å². The molecule has 0 saturated carbocycles. The lowest BCUT2D eigenvalue weighted by atomic mass is 9.87. The second-order valence-corrected chi connectivity index (χ2v) is 12.3. The molecule has 3 amide bonds. The lowest BCUT2D eigenvalue weighted by Crippen LogP contribution is -2.62. The number of carbonyl (C=O) groups excluding carboxylic acids is 6. The zero-order chi connectivity index (χ0) is 31.8. The highest BCUT2D eigenvalue weighted by molar-refractivity contribution is 6.20. The third kappa shape index (κ3) is 7.63. The van der Waals surface area contributed by atoms with Crippen LogP contribution in [0.3, 0.4) is 0 Å². The predicted octanol–water partition coefficient (Wildman–Crippen LogP) is 4.27. The van der Waals surface area contributed by atoms with Gasteiger partial charge in [-0.3, -0.25) is 28.8 Å². The van der Waals surface area contributed by atoms with Crippen LogP contribution in [0, 0.1) is 11.8 Å². The topological polar surface area (TPSA) is 146 Å². The maximum Gasteiger partial charge on any atom is 0.251 e. The highest BCUT2D eigenvalue weighted by Gasteiger charge is 2.42. The van der Waals surface area contributed by atoms with Crippen molar-refractivity contribution < 1.29 is 28.8 Å². The van der Waals surface area contributed by atoms with E-state index in [9.17, 15) is 28.8 Å². The molecule has 0 radical (unpaired) electrons. The van der Waals surface area contributed by atoms with Crippen molar-refractivity contribution >= 4 is 46.0 Å². The van der Waals surface area contributed by atoms with Crippen LogP contribution < -0.4 is 10.6 Å². The van der Waals surface area contributed by atoms with Crippen LogP contribution in [0.5, 0.6) is 0 Å². The summed E-state index contributed by atoms with van der Waals surface area (Å²) in [5.74, 6) is -3.24. The number of Topliss-reactive ketones (excluding diaryl/α,β-unsaturated/α-hetero) is 3. The number of rotatable bonds is 11. The van der Waals surface area contributed by atoms with Crippen LogP contribution in [0.25, 0.3) is 10.9 Å². The molecule has 44 heavy (non-hydrogen) atoms. The summed E-state index contributed by atoms with van der Waals surface area (Å²) in [6.45, 7) is 6.00. The van der Waals surface area contributed by atoms with E-state index in [0.29, 0.717) is 68.8 Å². The maximum absolute atomic E-state index is 14.0. The lowest BCUT2D eigenvalue weighted by molar-refractivity contribution is -0.147. The minimum atomic E-state index is -1.59. The van der Waals surface area contributed by atoms with Crippen LogP contribution in [0.15, 0.2) is 30.5 Å². The highest BCUT2D eigenvalue weighted by atomic mass is 16.2. The molecule has 238 valence electrons. The van der Waals surface area contributed by atoms with Crippen LogP contribution >= 0.6 is 0 Å². The molecule has 1 unspecified atom stereocenters. The summed E-state index contributed by atoms with van der Waals surface area (Å²) in [6.07, 6.45) is 7.43. The molecule has 0 spiro atoms. The minimum absolute atomic E-state index is 0.0855. The Hall–Kier alpha value is -3.82. The van der Waals surface area contributed by atoms with Gasteiger partial charge in [-0.2, -0.15) is 0 Å². The fraction of sp³-hybridized carbons (Fsp3) is 0.588. The Bertz CT molecular complexity index is 1380. The standard InChI is InChI=1S/C34H46N4O6/c1-4-21(3)29-34(44)38-18-12-11-17-27(38)28(40)19-22(13-7-6-8-14-23(39)5-2)32(42)37-30(33(43)36-29)31(41)25-20-35-26-16-10-9-15-24(25)26/h9-10,15-16,20-22,27,29-30,35H,4-8,11-14,17-19H2,1-3H3,(H,36,43)(H,37,42)/t21?,22-,27-,29+,30+/m1/s1. The minimum Gasteiger partial charge on any atom is -0.360 e. The molecule has 1 aromatic carbocycles. The normalized spacial score (nSPS) is 24.1. The van der Waals surface area contributed by atoms with E-state index in [1.54, 1.807) is 17.0 Å². The SMILES string of the molecule is CCC(=O)CCCCC[C@@H]1CC(=O)[C@H]2CCCCN2C(=O)[C@H](C(C)CC)NC(=O)[C@H](C(=O)c2c[nH]c3ccccc23)NC1=O. The van der Waals surface area contributed by atoms with Crippen molar-refractivity contribution in [2.45, 2.75) is 110 Å². The van der Waals surface area contributed by atoms with E-state index >= 15 is 0 Å². The second-order valence-electron chi connectivity index (χ2n) is 12.3. The van der Waals surface area contributed by atoms with Gasteiger partial charge in [0.1, 0.15) is 11.8 Å². The Morgan fingerprint density at radius 1 is 0.977 bits per heavy atom. The van der Waals surface area contributed by atoms with Gasteiger partial charge in [0.05, 0.1) is 6.04 Å². The van der Waals surface area contributed by atoms with Crippen LogP contribution in [-0.4, -0.2) is 69.6 Å². The number of amides is 3. The number of carbonyl (C=O) groups is 6. The summed E-state index contributed by atoms with van der Waals surface area (Å²) >= 11 is 0. The first kappa shape index (κ1) is 33.1. The molecule has 1 aromatic heterocycles. The first-order chi connectivity index (χ1) is 21.2. The molecule has 3 N–H and O–H groups in total. The van der Waals surface area contributed by atoms with E-state index in [1.165, 1.54) is 6.20 Å². The number of nitrogens with zero attached hydrogens (tertiary/aromatic N) is 1. The van der Waals surface area contributed by atoms with E-state index in [-0.39, 0.29) is 35.4 Å². The molecule has 2 saturated heterocycles. The number of aromatic nitrogens is 1. The van der Waals surface area contributed by atoms with Crippen molar-refractivity contribution in [3.63, 3.8) is 0 Å². The summed E-state index contributed by atoms with van der Waals surface area (Å²) in [4.78, 5) is 85.9. The molecule has 2 aromatic rings. The number of fused-ring (bicyclic) bond motifs is 2. The molecule has 2 aliphatic rings. The molecule has 0 aliphatic carbocycles. The first-order valence-corrected chi connectivity index (χ1v) is 16.2. The smallest absolute Gasteiger partial charge is 0.251 e. The average molecular weight is 607 g/mol. The summed E-state index contributed by atoms with van der Waals surface area (Å²) in [5.41, 5.74) is 0.966. The van der Waals surface area contributed by atoms with E-state index in [0.717, 1.165) is 12.8 Å². The Balaban J connectivity index is 1.67. The number of piperidine rings is 1. The Morgan fingerprint density at radius 2 is 1.75 bits per heavy atom. The number of H-pyrrole nitrogens is 1. The summed E-state index contributed by atoms with van der Waals surface area (Å²) in [6, 6.07) is 4.01. The molecule has 10 nitrogen and oxygen atoms in total. The number of nitrogens with one attached hydrogen (secondary N) is 3. The number of hydrogen-bond acceptors (Lipinski definition) is 6. The molecular weight excluding hydrogens is 560 g/mol. The van der Waals surface area contributed by atoms with Gasteiger partial charge in [0, 0.05) is 54.4 Å². The Morgan fingerprint density at radius 3 is 2.50 bits per heavy atom. The van der Waals surface area contributed by atoms with Gasteiger partial charge in [-0.15, -0.1) is 0 Å². The van der Waals surface area contributed by atoms with Crippen LogP contribution in [0.2, 0.25) is 0 Å². The van der Waals surface area contributed by atoms with Crippen molar-refractivity contribution in [1.29, 1.82) is 0 Å². The third-order valence-corrected chi connectivity index (χ3v) is 9.32. The lowest BCUT2D eigenvalue weighted by Gasteiger charge is -2.39. The van der Waals surface area contributed by atoms with E-state index in [1.807, 2.05) is 32.9 Å². The zero-order valence-electron chi connectivity index (χ0n) is 26.2. The van der Waals surface area contributed by atoms with Crippen LogP contribution in [0.4, 0.5) is 0 Å². The van der Waals surface area contributed by atoms with E-state index < -0.39 is 41.6 Å². The number of unbranched alkanes of at least 4 members (excludes halogenated alkanes) is 2. The van der Waals surface area contributed by atoms with Gasteiger partial charge in [-0.25, -0.2) is 0 Å². The van der Waals surface area contributed by atoms with Gasteiger partial charge in [0.25, 0.3) is 5.91 Å². The molecular formula is C34H46N4O6. The van der Waals surface area contributed by atoms with Gasteiger partial charge in [0.15, 0.2) is 17.6 Å². The molecule has 10 heteroatoms. The monoisotopic (exact) mass is 606 g/mol. The molecule has 4 rings (SSSR count). The average Bonchev–Trinajstić information content (AvgIpc) is 3.47. The van der Waals surface area contributed by atoms with Gasteiger partial charge in [0.2, 0.25) is 11.8 Å². The number of aromatic amines is 1. The number of hydrogen-bond donors (Lipinski definition) is 3. The fourth-order valence-electron chi connectivity index (χ4n) is 6.34. The highest BCUT2D eigenvalue weighted by Crippen LogP contribution is 2.27. The Labute approximate surface area is 259 Å². The third-order valence-electron chi connectivity index (χ3n) is 9.32. The summed E-state index contributed by atoms with van der Waals surface area (Å²) in [7, 11) is 0. The summed E-state index contributed by atoms with van der Waals surface area (Å²) < 4.78 is 0. The molecule has 2 fully saturated rings. The summed E-state index contributed by atoms with van der Waals surface area (Å²) in [5, 5.41) is 6.13. The fourth-order valence-corrected chi connectivity index (χ4v) is 6.34. The maximum atomic E-state index is 14.0. The van der Waals surface area contributed by atoms with Crippen LogP contribution in [-0.2, 0) is 24.0 Å². The van der Waals surface area contributed by atoms with Gasteiger partial charge in [-0.1, -0.05) is 58.2 Å². The first-order valence-electron chi connectivity index (χ1n) is 16.2. The van der Waals surface area contributed by atoms with Crippen molar-refractivity contribution in [2.75, 3.05) is 6.54 Å².